The maximum absolute atomic E-state index is 15.2. The second-order valence-electron chi connectivity index (χ2n) is 10.0. The van der Waals surface area contributed by atoms with Crippen molar-refractivity contribution >= 4 is 5.97 Å². The van der Waals surface area contributed by atoms with Gasteiger partial charge in [-0.3, -0.25) is 4.79 Å². The van der Waals surface area contributed by atoms with Crippen molar-refractivity contribution in [2.75, 3.05) is 6.61 Å². The molecular formula is C29H27FN4O4. The molecule has 1 aromatic heterocycles. The fraction of sp³-hybridized carbons (Fsp3) is 0.310. The zero-order valence-corrected chi connectivity index (χ0v) is 21.4. The Morgan fingerprint density at radius 1 is 1.18 bits per heavy atom. The van der Waals surface area contributed by atoms with Gasteiger partial charge < -0.3 is 14.6 Å². The average Bonchev–Trinajstić information content (AvgIpc) is 3.59. The molecule has 0 bridgehead atoms. The number of aliphatic carboxylic acids is 1. The first-order valence-electron chi connectivity index (χ1n) is 12.6. The number of rotatable bonds is 6. The quantitative estimate of drug-likeness (QED) is 0.372. The summed E-state index contributed by atoms with van der Waals surface area (Å²) in [4.78, 5) is 11.1. The zero-order valence-electron chi connectivity index (χ0n) is 21.4. The van der Waals surface area contributed by atoms with Gasteiger partial charge in [-0.15, -0.1) is 5.10 Å². The first kappa shape index (κ1) is 24.1. The number of hydrogen-bond donors (Lipinski definition) is 1. The Kier molecular flexibility index (Phi) is 5.86. The van der Waals surface area contributed by atoms with Gasteiger partial charge in [-0.1, -0.05) is 12.1 Å². The summed E-state index contributed by atoms with van der Waals surface area (Å²) in [6, 6.07) is 13.0. The van der Waals surface area contributed by atoms with Crippen LogP contribution in [0.15, 0.2) is 42.5 Å². The van der Waals surface area contributed by atoms with Gasteiger partial charge in [-0.05, 0) is 89.2 Å². The lowest BCUT2D eigenvalue weighted by atomic mass is 9.89. The van der Waals surface area contributed by atoms with Gasteiger partial charge in [0.05, 0.1) is 13.0 Å². The molecule has 6 rings (SSSR count). The molecule has 38 heavy (non-hydrogen) atoms. The van der Waals surface area contributed by atoms with Crippen molar-refractivity contribution in [2.24, 2.45) is 7.05 Å². The number of halogens is 1. The molecule has 8 nitrogen and oxygen atoms in total. The first-order valence-corrected chi connectivity index (χ1v) is 12.6. The number of ether oxygens (including phenoxy) is 2. The molecule has 2 atom stereocenters. The van der Waals surface area contributed by atoms with E-state index in [2.05, 4.69) is 41.5 Å². The second kappa shape index (κ2) is 9.24. The molecule has 1 aliphatic heterocycles. The van der Waals surface area contributed by atoms with Gasteiger partial charge >= 0.3 is 5.97 Å². The van der Waals surface area contributed by atoms with Crippen molar-refractivity contribution in [3.63, 3.8) is 0 Å². The third-order valence-corrected chi connectivity index (χ3v) is 7.53. The van der Waals surface area contributed by atoms with Crippen molar-refractivity contribution in [2.45, 2.75) is 45.1 Å². The summed E-state index contributed by atoms with van der Waals surface area (Å²) in [5.41, 5.74) is 7.57. The van der Waals surface area contributed by atoms with Crippen molar-refractivity contribution in [1.29, 1.82) is 0 Å². The lowest BCUT2D eigenvalue weighted by Gasteiger charge is -2.19. The molecule has 1 unspecified atom stereocenters. The van der Waals surface area contributed by atoms with Gasteiger partial charge in [-0.25, -0.2) is 9.07 Å². The molecule has 2 aliphatic rings. The van der Waals surface area contributed by atoms with Crippen molar-refractivity contribution < 1.29 is 23.8 Å². The Bertz CT molecular complexity index is 1560. The number of aryl methyl sites for hydroxylation is 3. The van der Waals surface area contributed by atoms with Crippen LogP contribution in [0.25, 0.3) is 22.5 Å². The molecule has 0 radical (unpaired) electrons. The van der Waals surface area contributed by atoms with E-state index in [1.807, 2.05) is 25.2 Å². The number of hydrogen-bond acceptors (Lipinski definition) is 6. The highest BCUT2D eigenvalue weighted by Gasteiger charge is 2.32. The molecule has 3 aromatic carbocycles. The Balaban J connectivity index is 1.31. The highest BCUT2D eigenvalue weighted by atomic mass is 19.1. The number of tetrazole rings is 1. The molecule has 0 saturated heterocycles. The van der Waals surface area contributed by atoms with Crippen LogP contribution >= 0.6 is 0 Å². The van der Waals surface area contributed by atoms with Crippen LogP contribution in [0, 0.1) is 19.7 Å². The van der Waals surface area contributed by atoms with E-state index in [4.69, 9.17) is 14.6 Å². The number of carboxylic acids is 1. The Hall–Kier alpha value is -4.27. The minimum atomic E-state index is -0.855. The van der Waals surface area contributed by atoms with Crippen LogP contribution in [0.4, 0.5) is 4.39 Å². The molecule has 4 aromatic rings. The van der Waals surface area contributed by atoms with E-state index in [0.717, 1.165) is 38.9 Å². The predicted molar refractivity (Wildman–Crippen MR) is 138 cm³/mol. The number of nitrogens with zero attached hydrogens (tertiary/aromatic N) is 4. The van der Waals surface area contributed by atoms with Crippen LogP contribution in [0.2, 0.25) is 0 Å². The number of carbonyl (C=O) groups is 1. The van der Waals surface area contributed by atoms with E-state index in [1.54, 1.807) is 10.7 Å². The standard InChI is InChI=1S/C29H27FN4O4/c1-15-10-17(29-31-32-33-34(29)3)11-16(2)27(15)21-6-8-23(30)28-22(21)7-9-24(28)38-19-4-5-20-18(12-26(35)36)14-37-25(20)13-19/h4-6,8,10-11,13,18,24H,7,9,12,14H2,1-3H3,(H,35,36)/t18?,24-/m1/s1. The van der Waals surface area contributed by atoms with Gasteiger partial charge in [0, 0.05) is 35.7 Å². The summed E-state index contributed by atoms with van der Waals surface area (Å²) in [5.74, 6) is 0.593. The molecule has 1 aliphatic carbocycles. The lowest BCUT2D eigenvalue weighted by Crippen LogP contribution is -2.07. The molecule has 2 heterocycles. The van der Waals surface area contributed by atoms with Crippen LogP contribution < -0.4 is 9.47 Å². The normalized spacial score (nSPS) is 17.7. The van der Waals surface area contributed by atoms with E-state index in [0.29, 0.717) is 42.3 Å². The average molecular weight is 515 g/mol. The third kappa shape index (κ3) is 4.08. The van der Waals surface area contributed by atoms with Gasteiger partial charge in [-0.2, -0.15) is 0 Å². The number of aromatic nitrogens is 4. The molecule has 194 valence electrons. The van der Waals surface area contributed by atoms with Gasteiger partial charge in [0.25, 0.3) is 0 Å². The maximum Gasteiger partial charge on any atom is 0.304 e. The largest absolute Gasteiger partial charge is 0.492 e. The van der Waals surface area contributed by atoms with Crippen molar-refractivity contribution in [3.05, 3.63) is 76.1 Å². The predicted octanol–water partition coefficient (Wildman–Crippen LogP) is 5.32. The Morgan fingerprint density at radius 2 is 1.97 bits per heavy atom. The van der Waals surface area contributed by atoms with Crippen LogP contribution in [0.1, 0.15) is 52.7 Å². The number of benzene rings is 3. The van der Waals surface area contributed by atoms with Crippen LogP contribution in [-0.2, 0) is 18.3 Å². The summed E-state index contributed by atoms with van der Waals surface area (Å²) in [5, 5.41) is 21.0. The Labute approximate surface area is 219 Å². The van der Waals surface area contributed by atoms with E-state index >= 15 is 4.39 Å². The van der Waals surface area contributed by atoms with Crippen LogP contribution in [-0.4, -0.2) is 37.9 Å². The summed E-state index contributed by atoms with van der Waals surface area (Å²) < 4.78 is 28.9. The van der Waals surface area contributed by atoms with Gasteiger partial charge in [0.15, 0.2) is 5.82 Å². The summed E-state index contributed by atoms with van der Waals surface area (Å²) in [6.07, 6.45) is 0.947. The summed E-state index contributed by atoms with van der Waals surface area (Å²) in [6.45, 7) is 4.44. The summed E-state index contributed by atoms with van der Waals surface area (Å²) >= 11 is 0. The van der Waals surface area contributed by atoms with Crippen molar-refractivity contribution in [1.82, 2.24) is 20.2 Å². The lowest BCUT2D eigenvalue weighted by molar-refractivity contribution is -0.137. The molecule has 0 amide bonds. The SMILES string of the molecule is Cc1cc(-c2nnnn2C)cc(C)c1-c1ccc(F)c2c1CC[C@H]2Oc1ccc2c(c1)OCC2CC(=O)O. The van der Waals surface area contributed by atoms with Gasteiger partial charge in [0.2, 0.25) is 0 Å². The smallest absolute Gasteiger partial charge is 0.304 e. The zero-order chi connectivity index (χ0) is 26.6. The molecule has 0 spiro atoms. The molecule has 0 saturated carbocycles. The minimum absolute atomic E-state index is 0.0203. The highest BCUT2D eigenvalue weighted by Crippen LogP contribution is 2.45. The number of fused-ring (bicyclic) bond motifs is 2. The maximum atomic E-state index is 15.2. The number of carboxylic acid groups (broad SMARTS) is 1. The van der Waals surface area contributed by atoms with E-state index < -0.39 is 12.1 Å². The summed E-state index contributed by atoms with van der Waals surface area (Å²) in [7, 11) is 1.81. The minimum Gasteiger partial charge on any atom is -0.492 e. The topological polar surface area (TPSA) is 99.4 Å². The second-order valence-corrected chi connectivity index (χ2v) is 10.0. The third-order valence-electron chi connectivity index (χ3n) is 7.53. The highest BCUT2D eigenvalue weighted by molar-refractivity contribution is 5.78. The van der Waals surface area contributed by atoms with Gasteiger partial charge in [0.1, 0.15) is 23.4 Å². The fourth-order valence-electron chi connectivity index (χ4n) is 5.89. The van der Waals surface area contributed by atoms with Crippen LogP contribution in [0.3, 0.4) is 0 Å². The molecule has 0 fully saturated rings. The first-order chi connectivity index (χ1) is 18.3. The molecule has 1 N–H and O–H groups in total. The Morgan fingerprint density at radius 3 is 2.68 bits per heavy atom. The van der Waals surface area contributed by atoms with E-state index in [1.165, 1.54) is 6.07 Å². The molecule has 9 heteroatoms. The fourth-order valence-corrected chi connectivity index (χ4v) is 5.89. The van der Waals surface area contributed by atoms with E-state index in [-0.39, 0.29) is 18.2 Å². The molecular weight excluding hydrogens is 487 g/mol. The van der Waals surface area contributed by atoms with Crippen molar-refractivity contribution in [3.8, 4) is 34.0 Å². The van der Waals surface area contributed by atoms with E-state index in [9.17, 15) is 4.79 Å². The van der Waals surface area contributed by atoms with Crippen LogP contribution in [0.5, 0.6) is 11.5 Å². The monoisotopic (exact) mass is 514 g/mol.